The Morgan fingerprint density at radius 1 is 1.08 bits per heavy atom. The molecule has 1 saturated carbocycles. The minimum Gasteiger partial charge on any atom is -0.349 e. The van der Waals surface area contributed by atoms with Crippen LogP contribution in [-0.4, -0.2) is 25.8 Å². The number of hydrogen-bond acceptors (Lipinski definition) is 3. The summed E-state index contributed by atoms with van der Waals surface area (Å²) in [7, 11) is -3.03. The van der Waals surface area contributed by atoms with E-state index in [0.717, 1.165) is 12.0 Å². The van der Waals surface area contributed by atoms with Crippen molar-refractivity contribution in [2.45, 2.75) is 51.0 Å². The fourth-order valence-corrected chi connectivity index (χ4v) is 5.75. The standard InChI is InChI=1S/C19H27NO3S/c21-19(17-11-12-24(22,23)14-17)20-18(16-9-5-2-6-10-16)13-15-7-3-1-4-8-15/h2,5-6,9-10,15,17-18H,1,3-4,7-8,11-14H2,(H,20,21). The summed E-state index contributed by atoms with van der Waals surface area (Å²) in [5.41, 5.74) is 1.12. The molecule has 24 heavy (non-hydrogen) atoms. The molecule has 2 fully saturated rings. The van der Waals surface area contributed by atoms with Gasteiger partial charge in [0, 0.05) is 0 Å². The molecule has 1 saturated heterocycles. The van der Waals surface area contributed by atoms with Crippen molar-refractivity contribution in [3.05, 3.63) is 35.9 Å². The highest BCUT2D eigenvalue weighted by Gasteiger charge is 2.34. The first-order chi connectivity index (χ1) is 11.5. The maximum Gasteiger partial charge on any atom is 0.224 e. The van der Waals surface area contributed by atoms with Crippen molar-refractivity contribution in [2.75, 3.05) is 11.5 Å². The summed E-state index contributed by atoms with van der Waals surface area (Å²) in [6.45, 7) is 0. The molecule has 1 aromatic rings. The van der Waals surface area contributed by atoms with E-state index in [2.05, 4.69) is 17.4 Å². The molecule has 0 spiro atoms. The quantitative estimate of drug-likeness (QED) is 0.887. The van der Waals surface area contributed by atoms with E-state index in [9.17, 15) is 13.2 Å². The molecule has 1 aromatic carbocycles. The predicted molar refractivity (Wildman–Crippen MR) is 95.3 cm³/mol. The van der Waals surface area contributed by atoms with Gasteiger partial charge in [0.2, 0.25) is 5.91 Å². The Morgan fingerprint density at radius 3 is 2.42 bits per heavy atom. The van der Waals surface area contributed by atoms with Crippen LogP contribution in [0.4, 0.5) is 0 Å². The van der Waals surface area contributed by atoms with Crippen LogP contribution in [0.25, 0.3) is 0 Å². The van der Waals surface area contributed by atoms with Gasteiger partial charge in [-0.15, -0.1) is 0 Å². The van der Waals surface area contributed by atoms with Gasteiger partial charge in [-0.2, -0.15) is 0 Å². The average Bonchev–Trinajstić information content (AvgIpc) is 2.96. The lowest BCUT2D eigenvalue weighted by atomic mass is 9.83. The number of benzene rings is 1. The van der Waals surface area contributed by atoms with E-state index in [1.165, 1.54) is 32.1 Å². The molecule has 5 heteroatoms. The summed E-state index contributed by atoms with van der Waals surface area (Å²) in [6.07, 6.45) is 7.75. The molecule has 132 valence electrons. The molecular weight excluding hydrogens is 322 g/mol. The molecular formula is C19H27NO3S. The third-order valence-corrected chi connectivity index (χ3v) is 7.18. The molecule has 2 aliphatic rings. The monoisotopic (exact) mass is 349 g/mol. The first-order valence-electron chi connectivity index (χ1n) is 9.09. The predicted octanol–water partition coefficient (Wildman–Crippen LogP) is 3.25. The Hall–Kier alpha value is -1.36. The minimum atomic E-state index is -3.03. The molecule has 1 amide bonds. The Balaban J connectivity index is 1.68. The van der Waals surface area contributed by atoms with Crippen LogP contribution in [-0.2, 0) is 14.6 Å². The zero-order valence-corrected chi connectivity index (χ0v) is 14.9. The first-order valence-corrected chi connectivity index (χ1v) is 10.9. The van der Waals surface area contributed by atoms with E-state index in [-0.39, 0.29) is 29.4 Å². The van der Waals surface area contributed by atoms with Crippen LogP contribution in [0.2, 0.25) is 0 Å². The summed E-state index contributed by atoms with van der Waals surface area (Å²) in [4.78, 5) is 12.6. The summed E-state index contributed by atoms with van der Waals surface area (Å²) in [5, 5.41) is 3.16. The average molecular weight is 349 g/mol. The molecule has 4 nitrogen and oxygen atoms in total. The van der Waals surface area contributed by atoms with Gasteiger partial charge in [0.05, 0.1) is 23.5 Å². The Kier molecular flexibility index (Phi) is 5.59. The molecule has 1 aliphatic heterocycles. The minimum absolute atomic E-state index is 0.00374. The van der Waals surface area contributed by atoms with Gasteiger partial charge >= 0.3 is 0 Å². The van der Waals surface area contributed by atoms with Gasteiger partial charge in [-0.05, 0) is 24.3 Å². The van der Waals surface area contributed by atoms with Crippen molar-refractivity contribution in [3.8, 4) is 0 Å². The maximum atomic E-state index is 12.6. The second-order valence-electron chi connectivity index (χ2n) is 7.31. The van der Waals surface area contributed by atoms with Gasteiger partial charge in [0.15, 0.2) is 9.84 Å². The second kappa shape index (κ2) is 7.68. The second-order valence-corrected chi connectivity index (χ2v) is 9.54. The number of sulfone groups is 1. The summed E-state index contributed by atoms with van der Waals surface area (Å²) in [5.74, 6) is 0.317. The number of carbonyl (C=O) groups is 1. The van der Waals surface area contributed by atoms with E-state index in [0.29, 0.717) is 12.3 Å². The lowest BCUT2D eigenvalue weighted by molar-refractivity contribution is -0.125. The van der Waals surface area contributed by atoms with Crippen LogP contribution in [0, 0.1) is 11.8 Å². The fraction of sp³-hybridized carbons (Fsp3) is 0.632. The zero-order chi connectivity index (χ0) is 17.0. The topological polar surface area (TPSA) is 63.2 Å². The highest BCUT2D eigenvalue weighted by atomic mass is 32.2. The maximum absolute atomic E-state index is 12.6. The number of carbonyl (C=O) groups excluding carboxylic acids is 1. The van der Waals surface area contributed by atoms with E-state index < -0.39 is 9.84 Å². The van der Waals surface area contributed by atoms with Crippen molar-refractivity contribution in [1.29, 1.82) is 0 Å². The first kappa shape index (κ1) is 17.5. The van der Waals surface area contributed by atoms with Gasteiger partial charge in [0.25, 0.3) is 0 Å². The van der Waals surface area contributed by atoms with Crippen LogP contribution >= 0.6 is 0 Å². The smallest absolute Gasteiger partial charge is 0.224 e. The molecule has 0 bridgehead atoms. The van der Waals surface area contributed by atoms with E-state index in [4.69, 9.17) is 0 Å². The Labute approximate surface area is 145 Å². The zero-order valence-electron chi connectivity index (χ0n) is 14.1. The summed E-state index contributed by atoms with van der Waals surface area (Å²) >= 11 is 0. The molecule has 2 unspecified atom stereocenters. The van der Waals surface area contributed by atoms with E-state index in [1.807, 2.05) is 18.2 Å². The molecule has 1 aliphatic carbocycles. The van der Waals surface area contributed by atoms with Crippen molar-refractivity contribution in [2.24, 2.45) is 11.8 Å². The summed E-state index contributed by atoms with van der Waals surface area (Å²) in [6, 6.07) is 10.1. The van der Waals surface area contributed by atoms with Gasteiger partial charge in [-0.1, -0.05) is 62.4 Å². The highest BCUT2D eigenvalue weighted by Crippen LogP contribution is 2.32. The van der Waals surface area contributed by atoms with Crippen molar-refractivity contribution < 1.29 is 13.2 Å². The van der Waals surface area contributed by atoms with Crippen LogP contribution in [0.5, 0.6) is 0 Å². The van der Waals surface area contributed by atoms with Gasteiger partial charge in [-0.3, -0.25) is 4.79 Å². The van der Waals surface area contributed by atoms with Crippen LogP contribution < -0.4 is 5.32 Å². The Morgan fingerprint density at radius 2 is 1.79 bits per heavy atom. The SMILES string of the molecule is O=C(NC(CC1CCCCC1)c1ccccc1)C1CCS(=O)(=O)C1. The lowest BCUT2D eigenvalue weighted by Crippen LogP contribution is -2.35. The molecule has 3 rings (SSSR count). The highest BCUT2D eigenvalue weighted by molar-refractivity contribution is 7.91. The summed E-state index contributed by atoms with van der Waals surface area (Å²) < 4.78 is 23.3. The van der Waals surface area contributed by atoms with Gasteiger partial charge in [-0.25, -0.2) is 8.42 Å². The van der Waals surface area contributed by atoms with Crippen LogP contribution in [0.1, 0.15) is 56.6 Å². The third kappa shape index (κ3) is 4.59. The van der Waals surface area contributed by atoms with Gasteiger partial charge < -0.3 is 5.32 Å². The van der Waals surface area contributed by atoms with E-state index >= 15 is 0 Å². The number of amides is 1. The third-order valence-electron chi connectivity index (χ3n) is 5.42. The number of rotatable bonds is 5. The largest absolute Gasteiger partial charge is 0.349 e. The molecule has 0 radical (unpaired) electrons. The molecule has 2 atom stereocenters. The fourth-order valence-electron chi connectivity index (χ4n) is 4.01. The molecule has 1 heterocycles. The Bertz CT molecular complexity index is 650. The van der Waals surface area contributed by atoms with Gasteiger partial charge in [0.1, 0.15) is 0 Å². The van der Waals surface area contributed by atoms with Crippen molar-refractivity contribution in [3.63, 3.8) is 0 Å². The van der Waals surface area contributed by atoms with Crippen molar-refractivity contribution >= 4 is 15.7 Å². The van der Waals surface area contributed by atoms with Crippen LogP contribution in [0.3, 0.4) is 0 Å². The molecule has 0 aromatic heterocycles. The van der Waals surface area contributed by atoms with Crippen molar-refractivity contribution in [1.82, 2.24) is 5.32 Å². The lowest BCUT2D eigenvalue weighted by Gasteiger charge is -2.28. The molecule has 1 N–H and O–H groups in total. The van der Waals surface area contributed by atoms with Crippen LogP contribution in [0.15, 0.2) is 30.3 Å². The normalized spacial score (nSPS) is 25.2. The number of hydrogen-bond donors (Lipinski definition) is 1. The van der Waals surface area contributed by atoms with E-state index in [1.54, 1.807) is 0 Å². The number of nitrogens with one attached hydrogen (secondary N) is 1.